The molecule has 0 unspecified atom stereocenters. The van der Waals surface area contributed by atoms with Crippen LogP contribution in [0, 0.1) is 0 Å². The molecule has 1 aliphatic rings. The normalized spacial score (nSPS) is 14.7. The van der Waals surface area contributed by atoms with Gasteiger partial charge in [-0.3, -0.25) is 4.79 Å². The lowest BCUT2D eigenvalue weighted by Gasteiger charge is -2.34. The van der Waals surface area contributed by atoms with E-state index in [0.29, 0.717) is 37.0 Å². The summed E-state index contributed by atoms with van der Waals surface area (Å²) < 4.78 is 9.93. The van der Waals surface area contributed by atoms with Crippen molar-refractivity contribution in [2.75, 3.05) is 40.4 Å². The van der Waals surface area contributed by atoms with Gasteiger partial charge in [-0.1, -0.05) is 11.6 Å². The van der Waals surface area contributed by atoms with Crippen molar-refractivity contribution in [3.05, 3.63) is 28.8 Å². The maximum atomic E-state index is 12.4. The van der Waals surface area contributed by atoms with Gasteiger partial charge in [-0.2, -0.15) is 0 Å². The second kappa shape index (κ2) is 7.35. The van der Waals surface area contributed by atoms with E-state index in [0.717, 1.165) is 5.56 Å². The second-order valence-corrected chi connectivity index (χ2v) is 5.41. The topological polar surface area (TPSA) is 59.1 Å². The fraction of sp³-hybridized carbons (Fsp3) is 0.467. The van der Waals surface area contributed by atoms with Crippen LogP contribution >= 0.6 is 11.6 Å². The quantitative estimate of drug-likeness (QED) is 0.850. The molecule has 1 saturated heterocycles. The lowest BCUT2D eigenvalue weighted by atomic mass is 10.1. The van der Waals surface area contributed by atoms with Crippen LogP contribution in [0.5, 0.6) is 5.75 Å². The minimum atomic E-state index is -0.358. The first kappa shape index (κ1) is 16.4. The number of amides is 2. The van der Waals surface area contributed by atoms with Crippen LogP contribution in [0.15, 0.2) is 18.2 Å². The highest BCUT2D eigenvalue weighted by molar-refractivity contribution is 6.30. The van der Waals surface area contributed by atoms with Gasteiger partial charge in [0.15, 0.2) is 0 Å². The number of hydrogen-bond acceptors (Lipinski definition) is 4. The minimum absolute atomic E-state index is 0.00918. The first-order valence-electron chi connectivity index (χ1n) is 6.98. The van der Waals surface area contributed by atoms with Crippen LogP contribution in [0.2, 0.25) is 5.02 Å². The van der Waals surface area contributed by atoms with Crippen LogP contribution in [0.25, 0.3) is 0 Å². The number of hydrogen-bond donors (Lipinski definition) is 0. The van der Waals surface area contributed by atoms with Crippen LogP contribution in [-0.2, 0) is 16.0 Å². The summed E-state index contributed by atoms with van der Waals surface area (Å²) in [7, 11) is 2.91. The monoisotopic (exact) mass is 326 g/mol. The molecule has 6 nitrogen and oxygen atoms in total. The molecule has 22 heavy (non-hydrogen) atoms. The number of rotatable bonds is 3. The van der Waals surface area contributed by atoms with Crippen molar-refractivity contribution < 1.29 is 19.1 Å². The van der Waals surface area contributed by atoms with Gasteiger partial charge in [-0.15, -0.1) is 0 Å². The Hall–Kier alpha value is -1.95. The summed E-state index contributed by atoms with van der Waals surface area (Å²) in [6.45, 7) is 1.95. The highest BCUT2D eigenvalue weighted by Gasteiger charge is 2.25. The predicted molar refractivity (Wildman–Crippen MR) is 82.3 cm³/mol. The molecule has 0 aromatic heterocycles. The summed E-state index contributed by atoms with van der Waals surface area (Å²) in [6, 6.07) is 5.21. The van der Waals surface area contributed by atoms with Gasteiger partial charge < -0.3 is 19.3 Å². The van der Waals surface area contributed by atoms with E-state index >= 15 is 0 Å². The van der Waals surface area contributed by atoms with Gasteiger partial charge in [0.25, 0.3) is 0 Å². The summed E-state index contributed by atoms with van der Waals surface area (Å²) in [4.78, 5) is 27.1. The summed E-state index contributed by atoms with van der Waals surface area (Å²) in [6.07, 6.45) is -0.134. The molecule has 2 rings (SSSR count). The molecule has 0 aliphatic carbocycles. The molecule has 2 amide bonds. The Kier molecular flexibility index (Phi) is 5.49. The summed E-state index contributed by atoms with van der Waals surface area (Å²) in [5.41, 5.74) is 0.760. The van der Waals surface area contributed by atoms with Crippen LogP contribution in [0.1, 0.15) is 5.56 Å². The Morgan fingerprint density at radius 2 is 1.77 bits per heavy atom. The molecular formula is C15H19ClN2O4. The van der Waals surface area contributed by atoms with Crippen LogP contribution in [-0.4, -0.2) is 62.2 Å². The molecule has 0 radical (unpaired) electrons. The number of ether oxygens (including phenoxy) is 2. The molecule has 7 heteroatoms. The third-order valence-corrected chi connectivity index (χ3v) is 3.88. The Balaban J connectivity index is 1.96. The van der Waals surface area contributed by atoms with E-state index in [1.165, 1.54) is 7.11 Å². The molecule has 0 spiro atoms. The van der Waals surface area contributed by atoms with E-state index < -0.39 is 0 Å². The lowest BCUT2D eigenvalue weighted by molar-refractivity contribution is -0.132. The summed E-state index contributed by atoms with van der Waals surface area (Å²) in [5.74, 6) is 0.635. The zero-order chi connectivity index (χ0) is 16.1. The van der Waals surface area contributed by atoms with Crippen molar-refractivity contribution >= 4 is 23.6 Å². The minimum Gasteiger partial charge on any atom is -0.496 e. The summed E-state index contributed by atoms with van der Waals surface area (Å²) in [5, 5.41) is 0.569. The number of carbonyl (C=O) groups is 2. The number of methoxy groups -OCH3 is 2. The maximum absolute atomic E-state index is 12.4. The number of carbonyl (C=O) groups excluding carboxylic acids is 2. The molecule has 0 bridgehead atoms. The van der Waals surface area contributed by atoms with Crippen molar-refractivity contribution in [3.8, 4) is 5.75 Å². The Morgan fingerprint density at radius 1 is 1.14 bits per heavy atom. The number of piperazine rings is 1. The van der Waals surface area contributed by atoms with E-state index in [-0.39, 0.29) is 18.4 Å². The first-order chi connectivity index (χ1) is 10.5. The van der Waals surface area contributed by atoms with Gasteiger partial charge in [-0.05, 0) is 18.2 Å². The molecule has 1 heterocycles. The standard InChI is InChI=1S/C15H19ClN2O4/c1-21-13-4-3-12(16)9-11(13)10-14(19)17-5-7-18(8-6-17)15(20)22-2/h3-4,9H,5-8,10H2,1-2H3. The van der Waals surface area contributed by atoms with E-state index in [2.05, 4.69) is 4.74 Å². The number of nitrogens with zero attached hydrogens (tertiary/aromatic N) is 2. The van der Waals surface area contributed by atoms with Crippen molar-refractivity contribution in [1.82, 2.24) is 9.80 Å². The van der Waals surface area contributed by atoms with Crippen LogP contribution in [0.4, 0.5) is 4.79 Å². The van der Waals surface area contributed by atoms with Crippen molar-refractivity contribution in [1.29, 1.82) is 0 Å². The van der Waals surface area contributed by atoms with Crippen LogP contribution < -0.4 is 4.74 Å². The third kappa shape index (κ3) is 3.82. The SMILES string of the molecule is COC(=O)N1CCN(C(=O)Cc2cc(Cl)ccc2OC)CC1. The average Bonchev–Trinajstić information content (AvgIpc) is 2.54. The zero-order valence-corrected chi connectivity index (χ0v) is 13.4. The average molecular weight is 327 g/mol. The summed E-state index contributed by atoms with van der Waals surface area (Å²) >= 11 is 5.97. The van der Waals surface area contributed by atoms with Gasteiger partial charge in [0.2, 0.25) is 5.91 Å². The zero-order valence-electron chi connectivity index (χ0n) is 12.7. The predicted octanol–water partition coefficient (Wildman–Crippen LogP) is 1.80. The van der Waals surface area contributed by atoms with Gasteiger partial charge in [-0.25, -0.2) is 4.79 Å². The highest BCUT2D eigenvalue weighted by Crippen LogP contribution is 2.23. The van der Waals surface area contributed by atoms with Crippen LogP contribution in [0.3, 0.4) is 0 Å². The molecule has 1 fully saturated rings. The molecule has 0 N–H and O–H groups in total. The van der Waals surface area contributed by atoms with Crippen molar-refractivity contribution in [2.24, 2.45) is 0 Å². The maximum Gasteiger partial charge on any atom is 0.409 e. The van der Waals surface area contributed by atoms with E-state index in [1.54, 1.807) is 35.1 Å². The smallest absolute Gasteiger partial charge is 0.409 e. The lowest BCUT2D eigenvalue weighted by Crippen LogP contribution is -2.50. The fourth-order valence-electron chi connectivity index (χ4n) is 2.43. The van der Waals surface area contributed by atoms with Crippen molar-refractivity contribution in [3.63, 3.8) is 0 Å². The Labute approximate surface area is 134 Å². The molecule has 1 aromatic rings. The molecular weight excluding hydrogens is 308 g/mol. The van der Waals surface area contributed by atoms with E-state index in [9.17, 15) is 9.59 Å². The number of benzene rings is 1. The molecule has 0 atom stereocenters. The Morgan fingerprint density at radius 3 is 2.36 bits per heavy atom. The molecule has 1 aliphatic heterocycles. The largest absolute Gasteiger partial charge is 0.496 e. The molecule has 1 aromatic carbocycles. The third-order valence-electron chi connectivity index (χ3n) is 3.65. The van der Waals surface area contributed by atoms with Gasteiger partial charge in [0.05, 0.1) is 20.6 Å². The van der Waals surface area contributed by atoms with Gasteiger partial charge in [0.1, 0.15) is 5.75 Å². The Bertz CT molecular complexity index is 556. The fourth-order valence-corrected chi connectivity index (χ4v) is 2.62. The second-order valence-electron chi connectivity index (χ2n) is 4.97. The van der Waals surface area contributed by atoms with E-state index in [1.807, 2.05) is 0 Å². The van der Waals surface area contributed by atoms with Crippen molar-refractivity contribution in [2.45, 2.75) is 6.42 Å². The number of halogens is 1. The van der Waals surface area contributed by atoms with E-state index in [4.69, 9.17) is 16.3 Å². The molecule has 120 valence electrons. The van der Waals surface area contributed by atoms with Gasteiger partial charge >= 0.3 is 6.09 Å². The molecule has 0 saturated carbocycles. The van der Waals surface area contributed by atoms with Gasteiger partial charge in [0, 0.05) is 36.8 Å². The highest BCUT2D eigenvalue weighted by atomic mass is 35.5. The first-order valence-corrected chi connectivity index (χ1v) is 7.36.